The Bertz CT molecular complexity index is 423. The third-order valence-corrected chi connectivity index (χ3v) is 5.17. The quantitative estimate of drug-likeness (QED) is 0.440. The van der Waals surface area contributed by atoms with Crippen molar-refractivity contribution >= 4 is 16.5 Å². The Balaban J connectivity index is 1.88. The minimum absolute atomic E-state index is 0.307. The van der Waals surface area contributed by atoms with E-state index in [1.165, 1.54) is 37.0 Å². The smallest absolute Gasteiger partial charge is 0.307 e. The van der Waals surface area contributed by atoms with E-state index in [9.17, 15) is 5.21 Å². The number of hydrogen-bond donors (Lipinski definition) is 0. The van der Waals surface area contributed by atoms with Crippen molar-refractivity contribution in [2.24, 2.45) is 0 Å². The van der Waals surface area contributed by atoms with Crippen LogP contribution in [0.5, 0.6) is 0 Å². The molecule has 0 aromatic carbocycles. The van der Waals surface area contributed by atoms with Crippen LogP contribution in [-0.4, -0.2) is 41.4 Å². The number of rotatable bonds is 7. The fraction of sp³-hybridized carbons (Fsp3) is 0.857. The van der Waals surface area contributed by atoms with Crippen LogP contribution in [0.3, 0.4) is 0 Å². The normalized spacial score (nSPS) is 23.9. The summed E-state index contributed by atoms with van der Waals surface area (Å²) in [5, 5.41) is 22.7. The number of hydroxylamine groups is 2. The zero-order chi connectivity index (χ0) is 14.6. The van der Waals surface area contributed by atoms with Crippen molar-refractivity contribution < 1.29 is 0 Å². The van der Waals surface area contributed by atoms with Crippen LogP contribution in [0.15, 0.2) is 0 Å². The van der Waals surface area contributed by atoms with Crippen molar-refractivity contribution in [2.75, 3.05) is 26.3 Å². The van der Waals surface area contributed by atoms with Crippen LogP contribution >= 0.6 is 11.3 Å². The Kier molecular flexibility index (Phi) is 5.49. The van der Waals surface area contributed by atoms with Gasteiger partial charge < -0.3 is 5.21 Å². The van der Waals surface area contributed by atoms with Crippen LogP contribution in [0, 0.1) is 5.21 Å². The van der Waals surface area contributed by atoms with Gasteiger partial charge in [-0.15, -0.1) is 5.10 Å². The van der Waals surface area contributed by atoms with Gasteiger partial charge in [0.15, 0.2) is 0 Å². The van der Waals surface area contributed by atoms with Gasteiger partial charge >= 0.3 is 5.13 Å². The van der Waals surface area contributed by atoms with Crippen molar-refractivity contribution in [3.63, 3.8) is 0 Å². The summed E-state index contributed by atoms with van der Waals surface area (Å²) in [5.74, 6) is 0.348. The third kappa shape index (κ3) is 3.75. The average molecular weight is 298 g/mol. The second-order valence-corrected chi connectivity index (χ2v) is 7.00. The molecule has 1 fully saturated rings. The highest BCUT2D eigenvalue weighted by atomic mass is 32.1. The first-order chi connectivity index (χ1) is 9.55. The summed E-state index contributed by atoms with van der Waals surface area (Å²) in [4.78, 5) is 2.28. The molecule has 1 aromatic heterocycles. The molecule has 0 saturated carbocycles. The maximum atomic E-state index is 12.8. The molecule has 0 spiro atoms. The number of aromatic nitrogens is 2. The van der Waals surface area contributed by atoms with Gasteiger partial charge in [-0.1, -0.05) is 45.1 Å². The molecule has 1 aromatic rings. The molecule has 0 radical (unpaired) electrons. The monoisotopic (exact) mass is 298 g/mol. The molecule has 0 bridgehead atoms. The second kappa shape index (κ2) is 6.93. The van der Waals surface area contributed by atoms with Gasteiger partial charge in [-0.3, -0.25) is 9.55 Å². The van der Waals surface area contributed by atoms with E-state index in [1.54, 1.807) is 0 Å². The lowest BCUT2D eigenvalue weighted by Crippen LogP contribution is -2.42. The topological polar surface area (TPSA) is 52.1 Å². The summed E-state index contributed by atoms with van der Waals surface area (Å²) in [5.41, 5.74) is 0. The molecule has 1 atom stereocenters. The van der Waals surface area contributed by atoms with Gasteiger partial charge in [0, 0.05) is 12.5 Å². The van der Waals surface area contributed by atoms with Crippen molar-refractivity contribution in [3.8, 4) is 0 Å². The second-order valence-electron chi connectivity index (χ2n) is 6.01. The van der Waals surface area contributed by atoms with Crippen molar-refractivity contribution in [3.05, 3.63) is 10.2 Å². The average Bonchev–Trinajstić information content (AvgIpc) is 3.03. The van der Waals surface area contributed by atoms with E-state index in [0.717, 1.165) is 18.1 Å². The van der Waals surface area contributed by atoms with Crippen LogP contribution in [0.1, 0.15) is 57.4 Å². The first kappa shape index (κ1) is 15.8. The molecule has 5 nitrogen and oxygen atoms in total. The first-order valence-corrected chi connectivity index (χ1v) is 8.51. The number of quaternary nitrogens is 1. The van der Waals surface area contributed by atoms with Gasteiger partial charge in [0.05, 0.1) is 13.1 Å². The first-order valence-electron chi connectivity index (χ1n) is 7.69. The lowest BCUT2D eigenvalue weighted by atomic mass is 10.2. The summed E-state index contributed by atoms with van der Waals surface area (Å²) in [6, 6.07) is 0. The third-order valence-electron chi connectivity index (χ3n) is 3.81. The SMILES string of the molecule is CCCCCCN1CC[N+]([O-])(c2nnc(C(C)C)s2)C1. The molecule has 1 aliphatic heterocycles. The lowest BCUT2D eigenvalue weighted by molar-refractivity contribution is 0.281. The van der Waals surface area contributed by atoms with Crippen molar-refractivity contribution in [2.45, 2.75) is 52.4 Å². The fourth-order valence-electron chi connectivity index (χ4n) is 2.49. The highest BCUT2D eigenvalue weighted by Gasteiger charge is 2.34. The van der Waals surface area contributed by atoms with Crippen molar-refractivity contribution in [1.29, 1.82) is 0 Å². The van der Waals surface area contributed by atoms with Gasteiger partial charge in [-0.05, 0) is 17.8 Å². The maximum absolute atomic E-state index is 12.8. The highest BCUT2D eigenvalue weighted by Crippen LogP contribution is 2.32. The molecular formula is C14H26N4OS. The van der Waals surface area contributed by atoms with E-state index < -0.39 is 0 Å². The number of nitrogens with zero attached hydrogens (tertiary/aromatic N) is 4. The van der Waals surface area contributed by atoms with Crippen LogP contribution in [0.2, 0.25) is 0 Å². The zero-order valence-electron chi connectivity index (χ0n) is 12.8. The van der Waals surface area contributed by atoms with Gasteiger partial charge in [-0.2, -0.15) is 0 Å². The van der Waals surface area contributed by atoms with E-state index in [1.807, 2.05) is 0 Å². The van der Waals surface area contributed by atoms with Gasteiger partial charge in [0.1, 0.15) is 11.7 Å². The molecule has 20 heavy (non-hydrogen) atoms. The minimum Gasteiger partial charge on any atom is -0.625 e. The maximum Gasteiger partial charge on any atom is 0.307 e. The van der Waals surface area contributed by atoms with Gasteiger partial charge in [0.2, 0.25) is 0 Å². The zero-order valence-corrected chi connectivity index (χ0v) is 13.7. The summed E-state index contributed by atoms with van der Waals surface area (Å²) in [7, 11) is 0. The number of hydrogen-bond acceptors (Lipinski definition) is 5. The predicted molar refractivity (Wildman–Crippen MR) is 84.6 cm³/mol. The van der Waals surface area contributed by atoms with Gasteiger partial charge in [-0.25, -0.2) is 0 Å². The van der Waals surface area contributed by atoms with Crippen molar-refractivity contribution in [1.82, 2.24) is 19.7 Å². The molecule has 0 aliphatic carbocycles. The largest absolute Gasteiger partial charge is 0.625 e. The number of unbranched alkanes of at least 4 members (excludes halogenated alkanes) is 3. The van der Waals surface area contributed by atoms with E-state index >= 15 is 0 Å². The fourth-order valence-corrected chi connectivity index (χ4v) is 3.39. The summed E-state index contributed by atoms with van der Waals surface area (Å²) >= 11 is 1.48. The van der Waals surface area contributed by atoms with E-state index in [4.69, 9.17) is 0 Å². The van der Waals surface area contributed by atoms with Crippen LogP contribution in [-0.2, 0) is 0 Å². The lowest BCUT2D eigenvalue weighted by Gasteiger charge is -2.34. The van der Waals surface area contributed by atoms with Crippen LogP contribution < -0.4 is 4.65 Å². The Labute approximate surface area is 125 Å². The molecule has 1 saturated heterocycles. The molecule has 0 N–H and O–H groups in total. The minimum atomic E-state index is -0.307. The van der Waals surface area contributed by atoms with Crippen LogP contribution in [0.25, 0.3) is 0 Å². The summed E-state index contributed by atoms with van der Waals surface area (Å²) in [6.07, 6.45) is 5.01. The molecule has 2 heterocycles. The molecular weight excluding hydrogens is 272 g/mol. The standard InChI is InChI=1S/C14H26N4OS/c1-4-5-6-7-8-17-9-10-18(19,11-17)14-16-15-13(20-14)12(2)3/h12H,4-11H2,1-3H3. The Hall–Kier alpha value is -0.560. The summed E-state index contributed by atoms with van der Waals surface area (Å²) in [6.45, 7) is 9.47. The molecule has 1 aliphatic rings. The van der Waals surface area contributed by atoms with E-state index in [0.29, 0.717) is 24.3 Å². The van der Waals surface area contributed by atoms with E-state index in [2.05, 4.69) is 35.9 Å². The highest BCUT2D eigenvalue weighted by molar-refractivity contribution is 7.15. The van der Waals surface area contributed by atoms with Crippen LogP contribution in [0.4, 0.5) is 5.13 Å². The van der Waals surface area contributed by atoms with Gasteiger partial charge in [0.25, 0.3) is 0 Å². The Morgan fingerprint density at radius 3 is 2.75 bits per heavy atom. The predicted octanol–water partition coefficient (Wildman–Crippen LogP) is 3.32. The molecule has 114 valence electrons. The molecule has 6 heteroatoms. The molecule has 0 amide bonds. The Morgan fingerprint density at radius 1 is 1.30 bits per heavy atom. The van der Waals surface area contributed by atoms with E-state index in [-0.39, 0.29) is 4.65 Å². The molecule has 2 rings (SSSR count). The summed E-state index contributed by atoms with van der Waals surface area (Å²) < 4.78 is -0.307. The molecule has 1 unspecified atom stereocenters. The Morgan fingerprint density at radius 2 is 2.10 bits per heavy atom.